The molecule has 80 valence electrons. The molecule has 14 heavy (non-hydrogen) atoms. The molecule has 0 bridgehead atoms. The number of likely N-dealkylation sites (tertiary alicyclic amines) is 1. The molecule has 1 saturated heterocycles. The Labute approximate surface area is 86.6 Å². The zero-order valence-corrected chi connectivity index (χ0v) is 9.42. The molecule has 0 N–H and O–H groups in total. The molecule has 0 aromatic carbocycles. The Bertz CT molecular complexity index is 220. The molecule has 0 aromatic rings. The van der Waals surface area contributed by atoms with E-state index in [1.54, 1.807) is 7.11 Å². The van der Waals surface area contributed by atoms with Crippen LogP contribution in [0.15, 0.2) is 0 Å². The van der Waals surface area contributed by atoms with Crippen molar-refractivity contribution in [2.24, 2.45) is 0 Å². The van der Waals surface area contributed by atoms with Gasteiger partial charge in [-0.15, -0.1) is 0 Å². The standard InChI is InChI=1S/C11H20N2O/c1-11(2,14-3)6-8-13-7-4-5-10(13)9-12/h10H,4-8H2,1-3H3. The van der Waals surface area contributed by atoms with Gasteiger partial charge in [0.2, 0.25) is 0 Å². The van der Waals surface area contributed by atoms with Gasteiger partial charge in [-0.25, -0.2) is 0 Å². The smallest absolute Gasteiger partial charge is 0.0978 e. The number of hydrogen-bond acceptors (Lipinski definition) is 3. The van der Waals surface area contributed by atoms with Gasteiger partial charge >= 0.3 is 0 Å². The largest absolute Gasteiger partial charge is 0.379 e. The van der Waals surface area contributed by atoms with Gasteiger partial charge in [-0.3, -0.25) is 4.90 Å². The molecule has 0 aliphatic carbocycles. The lowest BCUT2D eigenvalue weighted by Gasteiger charge is -2.27. The van der Waals surface area contributed by atoms with E-state index in [4.69, 9.17) is 10.00 Å². The first-order valence-corrected chi connectivity index (χ1v) is 5.28. The first-order chi connectivity index (χ1) is 6.59. The highest BCUT2D eigenvalue weighted by atomic mass is 16.5. The highest BCUT2D eigenvalue weighted by Gasteiger charge is 2.26. The zero-order valence-electron chi connectivity index (χ0n) is 9.42. The number of methoxy groups -OCH3 is 1. The van der Waals surface area contributed by atoms with Crippen molar-refractivity contribution in [3.63, 3.8) is 0 Å². The maximum atomic E-state index is 8.90. The van der Waals surface area contributed by atoms with E-state index in [-0.39, 0.29) is 11.6 Å². The third kappa shape index (κ3) is 2.97. The summed E-state index contributed by atoms with van der Waals surface area (Å²) in [7, 11) is 1.74. The van der Waals surface area contributed by atoms with E-state index in [9.17, 15) is 0 Å². The number of rotatable bonds is 4. The lowest BCUT2D eigenvalue weighted by Crippen LogP contribution is -2.34. The van der Waals surface area contributed by atoms with Gasteiger partial charge in [-0.2, -0.15) is 5.26 Å². The molecule has 1 rings (SSSR count). The van der Waals surface area contributed by atoms with Crippen LogP contribution in [0.2, 0.25) is 0 Å². The third-order valence-electron chi connectivity index (χ3n) is 3.07. The maximum absolute atomic E-state index is 8.90. The molecule has 0 spiro atoms. The van der Waals surface area contributed by atoms with Crippen LogP contribution in [-0.2, 0) is 4.74 Å². The third-order valence-corrected chi connectivity index (χ3v) is 3.07. The molecule has 1 fully saturated rings. The Morgan fingerprint density at radius 1 is 1.57 bits per heavy atom. The van der Waals surface area contributed by atoms with Crippen LogP contribution in [0, 0.1) is 11.3 Å². The molecule has 0 amide bonds. The summed E-state index contributed by atoms with van der Waals surface area (Å²) in [6.07, 6.45) is 3.18. The monoisotopic (exact) mass is 196 g/mol. The summed E-state index contributed by atoms with van der Waals surface area (Å²) in [6.45, 7) is 6.21. The molecule has 0 radical (unpaired) electrons. The van der Waals surface area contributed by atoms with Gasteiger partial charge in [-0.05, 0) is 39.7 Å². The van der Waals surface area contributed by atoms with Crippen LogP contribution in [0.25, 0.3) is 0 Å². The molecule has 1 heterocycles. The highest BCUT2D eigenvalue weighted by Crippen LogP contribution is 2.20. The van der Waals surface area contributed by atoms with Crippen LogP contribution in [-0.4, -0.2) is 36.7 Å². The van der Waals surface area contributed by atoms with E-state index < -0.39 is 0 Å². The fraction of sp³-hybridized carbons (Fsp3) is 0.909. The van der Waals surface area contributed by atoms with Gasteiger partial charge in [0, 0.05) is 13.7 Å². The average molecular weight is 196 g/mol. The molecule has 0 saturated carbocycles. The lowest BCUT2D eigenvalue weighted by atomic mass is 10.0. The van der Waals surface area contributed by atoms with Gasteiger partial charge in [0.1, 0.15) is 0 Å². The molecule has 3 heteroatoms. The average Bonchev–Trinajstić information content (AvgIpc) is 2.62. The SMILES string of the molecule is COC(C)(C)CCN1CCCC1C#N. The van der Waals surface area contributed by atoms with Crippen LogP contribution in [0.4, 0.5) is 0 Å². The normalized spacial score (nSPS) is 23.7. The summed E-state index contributed by atoms with van der Waals surface area (Å²) in [5.74, 6) is 0. The first-order valence-electron chi connectivity index (χ1n) is 5.28. The van der Waals surface area contributed by atoms with Crippen molar-refractivity contribution in [2.45, 2.75) is 44.8 Å². The Hall–Kier alpha value is -0.590. The number of nitrogens with zero attached hydrogens (tertiary/aromatic N) is 2. The fourth-order valence-electron chi connectivity index (χ4n) is 1.75. The second kappa shape index (κ2) is 4.77. The van der Waals surface area contributed by atoms with Crippen molar-refractivity contribution in [3.05, 3.63) is 0 Å². The Balaban J connectivity index is 2.35. The van der Waals surface area contributed by atoms with Crippen molar-refractivity contribution in [2.75, 3.05) is 20.2 Å². The van der Waals surface area contributed by atoms with E-state index in [0.29, 0.717) is 0 Å². The Morgan fingerprint density at radius 3 is 2.86 bits per heavy atom. The molecule has 1 aliphatic rings. The van der Waals surface area contributed by atoms with Crippen LogP contribution in [0.5, 0.6) is 0 Å². The van der Waals surface area contributed by atoms with Crippen molar-refractivity contribution in [3.8, 4) is 6.07 Å². The van der Waals surface area contributed by atoms with Crippen molar-refractivity contribution in [1.82, 2.24) is 4.90 Å². The zero-order chi connectivity index (χ0) is 10.6. The van der Waals surface area contributed by atoms with E-state index in [1.165, 1.54) is 0 Å². The van der Waals surface area contributed by atoms with Crippen molar-refractivity contribution in [1.29, 1.82) is 5.26 Å². The highest BCUT2D eigenvalue weighted by molar-refractivity contribution is 4.96. The van der Waals surface area contributed by atoms with Gasteiger partial charge < -0.3 is 4.74 Å². The van der Waals surface area contributed by atoms with Crippen molar-refractivity contribution < 1.29 is 4.74 Å². The Morgan fingerprint density at radius 2 is 2.29 bits per heavy atom. The van der Waals surface area contributed by atoms with Crippen LogP contribution >= 0.6 is 0 Å². The van der Waals surface area contributed by atoms with Gasteiger partial charge in [0.25, 0.3) is 0 Å². The fourth-order valence-corrected chi connectivity index (χ4v) is 1.75. The predicted molar refractivity (Wildman–Crippen MR) is 55.9 cm³/mol. The lowest BCUT2D eigenvalue weighted by molar-refractivity contribution is 0.00775. The van der Waals surface area contributed by atoms with Crippen LogP contribution in [0.3, 0.4) is 0 Å². The second-order valence-electron chi connectivity index (χ2n) is 4.54. The summed E-state index contributed by atoms with van der Waals surface area (Å²) < 4.78 is 5.36. The molecular formula is C11H20N2O. The summed E-state index contributed by atoms with van der Waals surface area (Å²) in [5.41, 5.74) is -0.0669. The maximum Gasteiger partial charge on any atom is 0.0978 e. The molecule has 3 nitrogen and oxygen atoms in total. The van der Waals surface area contributed by atoms with E-state index >= 15 is 0 Å². The molecule has 1 aliphatic heterocycles. The van der Waals surface area contributed by atoms with Crippen LogP contribution < -0.4 is 0 Å². The minimum Gasteiger partial charge on any atom is -0.379 e. The molecule has 1 atom stereocenters. The van der Waals surface area contributed by atoms with Crippen LogP contribution in [0.1, 0.15) is 33.1 Å². The second-order valence-corrected chi connectivity index (χ2v) is 4.54. The molecule has 1 unspecified atom stereocenters. The van der Waals surface area contributed by atoms with E-state index in [0.717, 1.165) is 32.4 Å². The van der Waals surface area contributed by atoms with Gasteiger partial charge in [0.15, 0.2) is 0 Å². The topological polar surface area (TPSA) is 36.3 Å². The van der Waals surface area contributed by atoms with E-state index in [1.807, 2.05) is 0 Å². The van der Waals surface area contributed by atoms with Gasteiger partial charge in [0.05, 0.1) is 17.7 Å². The quantitative estimate of drug-likeness (QED) is 0.687. The minimum atomic E-state index is -0.0669. The van der Waals surface area contributed by atoms with Gasteiger partial charge in [-0.1, -0.05) is 0 Å². The minimum absolute atomic E-state index is 0.0669. The summed E-state index contributed by atoms with van der Waals surface area (Å²) in [5, 5.41) is 8.90. The number of hydrogen-bond donors (Lipinski definition) is 0. The summed E-state index contributed by atoms with van der Waals surface area (Å²) in [4.78, 5) is 2.26. The molecular weight excluding hydrogens is 176 g/mol. The molecule has 0 aromatic heterocycles. The predicted octanol–water partition coefficient (Wildman–Crippen LogP) is 1.79. The number of ether oxygens (including phenoxy) is 1. The summed E-state index contributed by atoms with van der Waals surface area (Å²) in [6, 6.07) is 2.49. The summed E-state index contributed by atoms with van der Waals surface area (Å²) >= 11 is 0. The number of nitriles is 1. The first kappa shape index (κ1) is 11.5. The Kier molecular flexibility index (Phi) is 3.91. The van der Waals surface area contributed by atoms with Crippen molar-refractivity contribution >= 4 is 0 Å². The van der Waals surface area contributed by atoms with E-state index in [2.05, 4.69) is 24.8 Å².